The molecule has 0 bridgehead atoms. The van der Waals surface area contributed by atoms with Crippen LogP contribution in [0.2, 0.25) is 0 Å². The van der Waals surface area contributed by atoms with Crippen LogP contribution in [0.5, 0.6) is 5.75 Å². The molecule has 0 atom stereocenters. The largest absolute Gasteiger partial charge is 0.434 e. The first kappa shape index (κ1) is 22.6. The molecule has 1 aliphatic heterocycles. The van der Waals surface area contributed by atoms with E-state index in [2.05, 4.69) is 9.89 Å². The van der Waals surface area contributed by atoms with Crippen molar-refractivity contribution in [2.75, 3.05) is 32.8 Å². The molecule has 31 heavy (non-hydrogen) atoms. The Kier molecular flexibility index (Phi) is 7.53. The van der Waals surface area contributed by atoms with Gasteiger partial charge in [0.1, 0.15) is 5.75 Å². The molecule has 166 valence electrons. The van der Waals surface area contributed by atoms with Crippen LogP contribution in [-0.4, -0.2) is 69.1 Å². The quantitative estimate of drug-likeness (QED) is 0.452. The van der Waals surface area contributed by atoms with Crippen LogP contribution in [0.15, 0.2) is 64.6 Å². The molecule has 0 aromatic heterocycles. The molecule has 1 aliphatic rings. The predicted molar refractivity (Wildman–Crippen MR) is 108 cm³/mol. The maximum absolute atomic E-state index is 12.6. The van der Waals surface area contributed by atoms with Gasteiger partial charge in [0.05, 0.1) is 11.1 Å². The zero-order valence-corrected chi connectivity index (χ0v) is 17.2. The lowest BCUT2D eigenvalue weighted by Gasteiger charge is -2.33. The Bertz CT molecular complexity index is 1010. The highest BCUT2D eigenvalue weighted by Gasteiger charge is 2.30. The van der Waals surface area contributed by atoms with Gasteiger partial charge in [0.25, 0.3) is 5.91 Å². The first-order valence-electron chi connectivity index (χ1n) is 9.40. The summed E-state index contributed by atoms with van der Waals surface area (Å²) >= 11 is 0. The zero-order chi connectivity index (χ0) is 22.3. The molecule has 0 saturated carbocycles. The molecule has 8 nitrogen and oxygen atoms in total. The second kappa shape index (κ2) is 10.3. The number of carbonyl (C=O) groups excluding carboxylic acids is 1. The SMILES string of the molecule is O=C(CON=Cc1ccccc1OC(F)F)N1CCN(S(=O)(=O)c2ccccc2)CC1. The smallest absolute Gasteiger partial charge is 0.387 e. The summed E-state index contributed by atoms with van der Waals surface area (Å²) in [5, 5.41) is 3.63. The average Bonchev–Trinajstić information content (AvgIpc) is 2.78. The highest BCUT2D eigenvalue weighted by molar-refractivity contribution is 7.89. The van der Waals surface area contributed by atoms with Gasteiger partial charge in [-0.05, 0) is 24.3 Å². The van der Waals surface area contributed by atoms with Gasteiger partial charge in [-0.3, -0.25) is 4.79 Å². The Morgan fingerprint density at radius 2 is 1.68 bits per heavy atom. The van der Waals surface area contributed by atoms with Crippen LogP contribution < -0.4 is 4.74 Å². The van der Waals surface area contributed by atoms with Gasteiger partial charge in [0.2, 0.25) is 10.0 Å². The first-order valence-corrected chi connectivity index (χ1v) is 10.8. The number of halogens is 2. The molecule has 1 saturated heterocycles. The maximum atomic E-state index is 12.6. The first-order chi connectivity index (χ1) is 14.9. The third-order valence-corrected chi connectivity index (χ3v) is 6.47. The summed E-state index contributed by atoms with van der Waals surface area (Å²) < 4.78 is 55.8. The van der Waals surface area contributed by atoms with Crippen molar-refractivity contribution in [3.63, 3.8) is 0 Å². The van der Waals surface area contributed by atoms with E-state index < -0.39 is 16.6 Å². The van der Waals surface area contributed by atoms with Crippen LogP contribution >= 0.6 is 0 Å². The van der Waals surface area contributed by atoms with Gasteiger partial charge in [-0.15, -0.1) is 0 Å². The molecule has 0 aliphatic carbocycles. The lowest BCUT2D eigenvalue weighted by atomic mass is 10.2. The fourth-order valence-corrected chi connectivity index (χ4v) is 4.43. The summed E-state index contributed by atoms with van der Waals surface area (Å²) in [6.45, 7) is -2.54. The van der Waals surface area contributed by atoms with Crippen molar-refractivity contribution in [3.05, 3.63) is 60.2 Å². The van der Waals surface area contributed by atoms with Gasteiger partial charge in [-0.2, -0.15) is 13.1 Å². The molecule has 3 rings (SSSR count). The molecule has 0 radical (unpaired) electrons. The molecular formula is C20H21F2N3O5S. The van der Waals surface area contributed by atoms with E-state index in [1.54, 1.807) is 24.3 Å². The fourth-order valence-electron chi connectivity index (χ4n) is 2.99. The lowest BCUT2D eigenvalue weighted by Crippen LogP contribution is -2.51. The number of hydrogen-bond acceptors (Lipinski definition) is 6. The number of amides is 1. The van der Waals surface area contributed by atoms with Crippen molar-refractivity contribution < 1.29 is 31.6 Å². The zero-order valence-electron chi connectivity index (χ0n) is 16.4. The van der Waals surface area contributed by atoms with Crippen LogP contribution in [0.25, 0.3) is 0 Å². The standard InChI is InChI=1S/C20H21F2N3O5S/c21-20(22)30-18-9-5-4-6-16(18)14-23-29-15-19(26)24-10-12-25(13-11-24)31(27,28)17-7-2-1-3-8-17/h1-9,14,20H,10-13,15H2. The van der Waals surface area contributed by atoms with Crippen LogP contribution in [0.1, 0.15) is 5.56 Å². The van der Waals surface area contributed by atoms with Crippen molar-refractivity contribution in [2.24, 2.45) is 5.16 Å². The number of oxime groups is 1. The van der Waals surface area contributed by atoms with Gasteiger partial charge >= 0.3 is 6.61 Å². The highest BCUT2D eigenvalue weighted by atomic mass is 32.2. The minimum absolute atomic E-state index is 0.0630. The van der Waals surface area contributed by atoms with Crippen molar-refractivity contribution >= 4 is 22.1 Å². The number of hydrogen-bond donors (Lipinski definition) is 0. The number of benzene rings is 2. The molecule has 0 unspecified atom stereocenters. The third kappa shape index (κ3) is 5.98. The summed E-state index contributed by atoms with van der Waals surface area (Å²) in [7, 11) is -3.60. The topological polar surface area (TPSA) is 88.5 Å². The van der Waals surface area contributed by atoms with Crippen molar-refractivity contribution in [1.82, 2.24) is 9.21 Å². The molecule has 1 amide bonds. The van der Waals surface area contributed by atoms with Crippen molar-refractivity contribution in [3.8, 4) is 5.75 Å². The molecule has 0 spiro atoms. The van der Waals surface area contributed by atoms with Crippen molar-refractivity contribution in [2.45, 2.75) is 11.5 Å². The molecule has 11 heteroatoms. The van der Waals surface area contributed by atoms with E-state index in [-0.39, 0.29) is 54.9 Å². The number of para-hydroxylation sites is 1. The highest BCUT2D eigenvalue weighted by Crippen LogP contribution is 2.19. The number of nitrogens with zero attached hydrogens (tertiary/aromatic N) is 3. The predicted octanol–water partition coefficient (Wildman–Crippen LogP) is 2.17. The minimum atomic E-state index is -3.60. The number of rotatable bonds is 8. The van der Waals surface area contributed by atoms with E-state index in [1.165, 1.54) is 45.8 Å². The third-order valence-electron chi connectivity index (χ3n) is 4.56. The Morgan fingerprint density at radius 1 is 1.03 bits per heavy atom. The molecule has 2 aromatic rings. The summed E-state index contributed by atoms with van der Waals surface area (Å²) in [4.78, 5) is 19.0. The normalized spacial score (nSPS) is 15.4. The Labute approximate surface area is 178 Å². The second-order valence-electron chi connectivity index (χ2n) is 6.52. The summed E-state index contributed by atoms with van der Waals surface area (Å²) in [5.74, 6) is -0.419. The van der Waals surface area contributed by atoms with E-state index in [0.717, 1.165) is 0 Å². The number of piperazine rings is 1. The van der Waals surface area contributed by atoms with Gasteiger partial charge in [0.15, 0.2) is 6.61 Å². The Balaban J connectivity index is 1.48. The molecule has 1 heterocycles. The minimum Gasteiger partial charge on any atom is -0.434 e. The summed E-state index contributed by atoms with van der Waals surface area (Å²) in [5.41, 5.74) is 0.273. The molecule has 1 fully saturated rings. The van der Waals surface area contributed by atoms with Crippen LogP contribution in [-0.2, 0) is 19.7 Å². The Hall–Kier alpha value is -3.05. The fraction of sp³-hybridized carbons (Fsp3) is 0.300. The van der Waals surface area contributed by atoms with Crippen molar-refractivity contribution in [1.29, 1.82) is 0 Å². The number of alkyl halides is 2. The molecule has 2 aromatic carbocycles. The Morgan fingerprint density at radius 3 is 2.35 bits per heavy atom. The van der Waals surface area contributed by atoms with Crippen LogP contribution in [0, 0.1) is 0 Å². The summed E-state index contributed by atoms with van der Waals surface area (Å²) in [6, 6.07) is 14.1. The van der Waals surface area contributed by atoms with Gasteiger partial charge in [-0.1, -0.05) is 35.5 Å². The van der Waals surface area contributed by atoms with Gasteiger partial charge in [0, 0.05) is 31.7 Å². The van der Waals surface area contributed by atoms with Gasteiger partial charge in [-0.25, -0.2) is 8.42 Å². The summed E-state index contributed by atoms with van der Waals surface area (Å²) in [6.07, 6.45) is 1.18. The number of carbonyl (C=O) groups is 1. The second-order valence-corrected chi connectivity index (χ2v) is 8.46. The van der Waals surface area contributed by atoms with E-state index in [4.69, 9.17) is 4.84 Å². The van der Waals surface area contributed by atoms with E-state index in [1.807, 2.05) is 0 Å². The lowest BCUT2D eigenvalue weighted by molar-refractivity contribution is -0.137. The van der Waals surface area contributed by atoms with Crippen LogP contribution in [0.3, 0.4) is 0 Å². The van der Waals surface area contributed by atoms with E-state index in [9.17, 15) is 22.0 Å². The van der Waals surface area contributed by atoms with E-state index >= 15 is 0 Å². The van der Waals surface area contributed by atoms with Gasteiger partial charge < -0.3 is 14.5 Å². The maximum Gasteiger partial charge on any atom is 0.387 e. The number of sulfonamides is 1. The molecule has 0 N–H and O–H groups in total. The molecular weight excluding hydrogens is 432 g/mol. The average molecular weight is 453 g/mol. The monoisotopic (exact) mass is 453 g/mol. The van der Waals surface area contributed by atoms with E-state index in [0.29, 0.717) is 0 Å². The number of ether oxygens (including phenoxy) is 1. The van der Waals surface area contributed by atoms with Crippen LogP contribution in [0.4, 0.5) is 8.78 Å².